The normalized spacial score (nSPS) is 13.4. The van der Waals surface area contributed by atoms with Gasteiger partial charge in [0.1, 0.15) is 5.82 Å². The molecule has 0 unspecified atom stereocenters. The van der Waals surface area contributed by atoms with Crippen LogP contribution in [0.15, 0.2) is 60.7 Å². The summed E-state index contributed by atoms with van der Waals surface area (Å²) in [6.45, 7) is 2.04. The van der Waals surface area contributed by atoms with Crippen LogP contribution in [0.5, 0.6) is 0 Å². The molecule has 0 spiro atoms. The Morgan fingerprint density at radius 2 is 1.61 bits per heavy atom. The van der Waals surface area contributed by atoms with Crippen molar-refractivity contribution in [1.82, 2.24) is 10.2 Å². The van der Waals surface area contributed by atoms with Crippen molar-refractivity contribution >= 4 is 23.2 Å². The number of benzene rings is 2. The van der Waals surface area contributed by atoms with Crippen LogP contribution in [0.3, 0.4) is 0 Å². The van der Waals surface area contributed by atoms with Crippen molar-refractivity contribution < 1.29 is 9.18 Å². The predicted octanol–water partition coefficient (Wildman–Crippen LogP) is 4.53. The molecular weight excluding hydrogens is 357 g/mol. The second kappa shape index (κ2) is 8.04. The maximum absolute atomic E-state index is 13.2. The van der Waals surface area contributed by atoms with E-state index in [1.807, 2.05) is 30.3 Å². The van der Waals surface area contributed by atoms with Gasteiger partial charge in [-0.15, -0.1) is 10.2 Å². The fourth-order valence-corrected chi connectivity index (χ4v) is 3.21. The van der Waals surface area contributed by atoms with Gasteiger partial charge in [-0.25, -0.2) is 9.18 Å². The lowest BCUT2D eigenvalue weighted by molar-refractivity contribution is 0.262. The molecule has 142 valence electrons. The number of hydrogen-bond donors (Lipinski definition) is 2. The second-order valence-corrected chi connectivity index (χ2v) is 6.64. The number of hydrogen-bond acceptors (Lipinski definition) is 4. The number of carbonyl (C=O) groups excluding carboxylic acids is 1. The molecule has 0 bridgehead atoms. The van der Waals surface area contributed by atoms with Crippen LogP contribution >= 0.6 is 0 Å². The maximum atomic E-state index is 13.2. The SMILES string of the molecule is O=C(Nc1cccc(F)c1)Nc1cccc(-c2ccc(N3CCCC3)nn2)c1. The Balaban J connectivity index is 1.44. The summed E-state index contributed by atoms with van der Waals surface area (Å²) < 4.78 is 13.2. The third-order valence-electron chi connectivity index (χ3n) is 4.58. The fraction of sp³-hybridized carbons (Fsp3) is 0.190. The monoisotopic (exact) mass is 377 g/mol. The average Bonchev–Trinajstić information content (AvgIpc) is 3.23. The van der Waals surface area contributed by atoms with E-state index in [-0.39, 0.29) is 0 Å². The van der Waals surface area contributed by atoms with Crippen LogP contribution in [0.2, 0.25) is 0 Å². The minimum Gasteiger partial charge on any atom is -0.355 e. The Kier molecular flexibility index (Phi) is 5.14. The molecule has 0 saturated carbocycles. The number of aromatic nitrogens is 2. The van der Waals surface area contributed by atoms with Gasteiger partial charge in [0, 0.05) is 30.0 Å². The summed E-state index contributed by atoms with van der Waals surface area (Å²) >= 11 is 0. The number of urea groups is 1. The first-order valence-corrected chi connectivity index (χ1v) is 9.20. The van der Waals surface area contributed by atoms with Gasteiger partial charge < -0.3 is 15.5 Å². The molecule has 4 rings (SSSR count). The summed E-state index contributed by atoms with van der Waals surface area (Å²) in [5.41, 5.74) is 2.58. The highest BCUT2D eigenvalue weighted by atomic mass is 19.1. The van der Waals surface area contributed by atoms with Gasteiger partial charge in [-0.1, -0.05) is 18.2 Å². The fourth-order valence-electron chi connectivity index (χ4n) is 3.21. The Hall–Kier alpha value is -3.48. The van der Waals surface area contributed by atoms with Gasteiger partial charge in [-0.05, 0) is 55.3 Å². The average molecular weight is 377 g/mol. The van der Waals surface area contributed by atoms with E-state index in [1.165, 1.54) is 31.0 Å². The molecule has 2 amide bonds. The van der Waals surface area contributed by atoms with Crippen molar-refractivity contribution in [2.75, 3.05) is 28.6 Å². The van der Waals surface area contributed by atoms with E-state index in [2.05, 4.69) is 25.7 Å². The zero-order valence-electron chi connectivity index (χ0n) is 15.2. The minimum absolute atomic E-state index is 0.386. The van der Waals surface area contributed by atoms with Gasteiger partial charge in [-0.2, -0.15) is 0 Å². The van der Waals surface area contributed by atoms with Crippen molar-refractivity contribution in [3.63, 3.8) is 0 Å². The maximum Gasteiger partial charge on any atom is 0.323 e. The summed E-state index contributed by atoms with van der Waals surface area (Å²) in [6.07, 6.45) is 2.38. The number of amides is 2. The Morgan fingerprint density at radius 3 is 2.29 bits per heavy atom. The molecule has 6 nitrogen and oxygen atoms in total. The van der Waals surface area contributed by atoms with E-state index >= 15 is 0 Å². The standard InChI is InChI=1S/C21H20FN5O/c22-16-6-4-8-18(14-16)24-21(28)23-17-7-3-5-15(13-17)19-9-10-20(26-25-19)27-11-1-2-12-27/h3-10,13-14H,1-2,11-12H2,(H2,23,24,28). The molecule has 1 aromatic heterocycles. The molecule has 2 heterocycles. The zero-order chi connectivity index (χ0) is 19.3. The molecular formula is C21H20FN5O. The third-order valence-corrected chi connectivity index (χ3v) is 4.58. The number of nitrogens with one attached hydrogen (secondary N) is 2. The highest BCUT2D eigenvalue weighted by molar-refractivity contribution is 6.00. The summed E-state index contributed by atoms with van der Waals surface area (Å²) in [6, 6.07) is 16.6. The van der Waals surface area contributed by atoms with E-state index in [0.29, 0.717) is 11.4 Å². The van der Waals surface area contributed by atoms with Crippen LogP contribution in [-0.2, 0) is 0 Å². The molecule has 1 saturated heterocycles. The van der Waals surface area contributed by atoms with E-state index in [0.717, 1.165) is 30.2 Å². The lowest BCUT2D eigenvalue weighted by atomic mass is 10.1. The van der Waals surface area contributed by atoms with Crippen LogP contribution in [0, 0.1) is 5.82 Å². The Labute approximate surface area is 162 Å². The molecule has 0 aliphatic carbocycles. The van der Waals surface area contributed by atoms with Gasteiger partial charge in [0.15, 0.2) is 5.82 Å². The van der Waals surface area contributed by atoms with Crippen LogP contribution in [-0.4, -0.2) is 29.3 Å². The van der Waals surface area contributed by atoms with Gasteiger partial charge in [-0.3, -0.25) is 0 Å². The minimum atomic E-state index is -0.446. The summed E-state index contributed by atoms with van der Waals surface area (Å²) in [4.78, 5) is 14.4. The number of halogens is 1. The summed E-state index contributed by atoms with van der Waals surface area (Å²) in [5, 5.41) is 14.0. The Bertz CT molecular complexity index is 971. The number of anilines is 3. The molecule has 0 radical (unpaired) electrons. The molecule has 28 heavy (non-hydrogen) atoms. The quantitative estimate of drug-likeness (QED) is 0.701. The first-order chi connectivity index (χ1) is 13.7. The first kappa shape index (κ1) is 17.9. The van der Waals surface area contributed by atoms with Crippen LogP contribution in [0.4, 0.5) is 26.4 Å². The van der Waals surface area contributed by atoms with E-state index in [1.54, 1.807) is 12.1 Å². The summed E-state index contributed by atoms with van der Waals surface area (Å²) in [5.74, 6) is 0.487. The number of rotatable bonds is 4. The number of nitrogens with zero attached hydrogens (tertiary/aromatic N) is 3. The lowest BCUT2D eigenvalue weighted by Crippen LogP contribution is -2.19. The third kappa shape index (κ3) is 4.25. The van der Waals surface area contributed by atoms with Crippen LogP contribution in [0.25, 0.3) is 11.3 Å². The van der Waals surface area contributed by atoms with Gasteiger partial charge in [0.2, 0.25) is 0 Å². The molecule has 1 aliphatic rings. The molecule has 7 heteroatoms. The molecule has 0 atom stereocenters. The number of carbonyl (C=O) groups is 1. The first-order valence-electron chi connectivity index (χ1n) is 9.20. The van der Waals surface area contributed by atoms with E-state index < -0.39 is 11.8 Å². The molecule has 3 aromatic rings. The van der Waals surface area contributed by atoms with Crippen molar-refractivity contribution in [3.05, 3.63) is 66.5 Å². The largest absolute Gasteiger partial charge is 0.355 e. The van der Waals surface area contributed by atoms with Crippen molar-refractivity contribution in [2.24, 2.45) is 0 Å². The highest BCUT2D eigenvalue weighted by Gasteiger charge is 2.14. The summed E-state index contributed by atoms with van der Waals surface area (Å²) in [7, 11) is 0. The topological polar surface area (TPSA) is 70.2 Å². The van der Waals surface area contributed by atoms with E-state index in [9.17, 15) is 9.18 Å². The smallest absolute Gasteiger partial charge is 0.323 e. The van der Waals surface area contributed by atoms with E-state index in [4.69, 9.17) is 0 Å². The van der Waals surface area contributed by atoms with Gasteiger partial charge in [0.05, 0.1) is 5.69 Å². The lowest BCUT2D eigenvalue weighted by Gasteiger charge is -2.15. The molecule has 1 aliphatic heterocycles. The van der Waals surface area contributed by atoms with Crippen molar-refractivity contribution in [2.45, 2.75) is 12.8 Å². The molecule has 2 aromatic carbocycles. The van der Waals surface area contributed by atoms with Crippen LogP contribution in [0.1, 0.15) is 12.8 Å². The predicted molar refractivity (Wildman–Crippen MR) is 108 cm³/mol. The molecule has 2 N–H and O–H groups in total. The van der Waals surface area contributed by atoms with Gasteiger partial charge in [0.25, 0.3) is 0 Å². The van der Waals surface area contributed by atoms with Crippen molar-refractivity contribution in [3.8, 4) is 11.3 Å². The van der Waals surface area contributed by atoms with Crippen molar-refractivity contribution in [1.29, 1.82) is 0 Å². The van der Waals surface area contributed by atoms with Gasteiger partial charge >= 0.3 is 6.03 Å². The van der Waals surface area contributed by atoms with Crippen LogP contribution < -0.4 is 15.5 Å². The molecule has 1 fully saturated rings. The Morgan fingerprint density at radius 1 is 0.893 bits per heavy atom. The zero-order valence-corrected chi connectivity index (χ0v) is 15.2. The highest BCUT2D eigenvalue weighted by Crippen LogP contribution is 2.23. The second-order valence-electron chi connectivity index (χ2n) is 6.64.